The zero-order valence-corrected chi connectivity index (χ0v) is 13.8. The molecule has 2 amide bonds. The third-order valence-electron chi connectivity index (χ3n) is 3.91. The Bertz CT molecular complexity index is 631. The van der Waals surface area contributed by atoms with Crippen molar-refractivity contribution >= 4 is 23.5 Å². The van der Waals surface area contributed by atoms with Gasteiger partial charge in [-0.15, -0.1) is 0 Å². The number of para-hydroxylation sites is 2. The Balaban J connectivity index is 2.03. The van der Waals surface area contributed by atoms with Gasteiger partial charge in [0.1, 0.15) is 12.3 Å². The molecule has 1 aliphatic rings. The van der Waals surface area contributed by atoms with E-state index < -0.39 is 23.9 Å². The third-order valence-corrected chi connectivity index (χ3v) is 3.91. The van der Waals surface area contributed by atoms with Crippen molar-refractivity contribution in [1.29, 1.82) is 0 Å². The lowest BCUT2D eigenvalue weighted by molar-refractivity contribution is -0.142. The van der Waals surface area contributed by atoms with Crippen LogP contribution < -0.4 is 15.0 Å². The van der Waals surface area contributed by atoms with E-state index >= 15 is 0 Å². The first-order valence-corrected chi connectivity index (χ1v) is 8.00. The van der Waals surface area contributed by atoms with Gasteiger partial charge in [0, 0.05) is 6.54 Å². The van der Waals surface area contributed by atoms with Crippen LogP contribution in [0, 0.1) is 5.92 Å². The average Bonchev–Trinajstić information content (AvgIpc) is 2.55. The number of rotatable bonds is 7. The third kappa shape index (κ3) is 4.04. The number of hydrogen-bond donors (Lipinski definition) is 2. The van der Waals surface area contributed by atoms with Crippen LogP contribution in [0.4, 0.5) is 5.69 Å². The first-order chi connectivity index (χ1) is 11.4. The van der Waals surface area contributed by atoms with Gasteiger partial charge in [-0.1, -0.05) is 25.5 Å². The number of aliphatic carboxylic acids is 1. The van der Waals surface area contributed by atoms with Crippen molar-refractivity contribution in [1.82, 2.24) is 5.32 Å². The second kappa shape index (κ2) is 7.81. The molecular weight excluding hydrogens is 312 g/mol. The monoisotopic (exact) mass is 334 g/mol. The molecule has 0 aromatic heterocycles. The van der Waals surface area contributed by atoms with E-state index in [4.69, 9.17) is 9.84 Å². The number of anilines is 1. The maximum absolute atomic E-state index is 12.3. The summed E-state index contributed by atoms with van der Waals surface area (Å²) in [7, 11) is 0. The molecular formula is C17H22N2O5. The summed E-state index contributed by atoms with van der Waals surface area (Å²) in [6, 6.07) is 7.01. The van der Waals surface area contributed by atoms with Crippen LogP contribution in [-0.4, -0.2) is 42.1 Å². The molecule has 0 radical (unpaired) electrons. The molecule has 7 nitrogen and oxygen atoms in total. The van der Waals surface area contributed by atoms with Crippen molar-refractivity contribution in [2.75, 3.05) is 18.0 Å². The van der Waals surface area contributed by atoms with Gasteiger partial charge in [0.05, 0.1) is 11.6 Å². The molecule has 2 N–H and O–H groups in total. The van der Waals surface area contributed by atoms with Gasteiger partial charge in [0.2, 0.25) is 5.91 Å². The van der Waals surface area contributed by atoms with E-state index in [0.29, 0.717) is 17.9 Å². The molecule has 0 saturated heterocycles. The molecule has 1 aromatic carbocycles. The van der Waals surface area contributed by atoms with Crippen LogP contribution in [0.1, 0.15) is 26.7 Å². The van der Waals surface area contributed by atoms with Crippen molar-refractivity contribution in [3.05, 3.63) is 24.3 Å². The number of carbonyl (C=O) groups excluding carboxylic acids is 2. The Morgan fingerprint density at radius 3 is 2.75 bits per heavy atom. The number of carboxylic acids is 1. The maximum Gasteiger partial charge on any atom is 0.308 e. The molecule has 0 aliphatic carbocycles. The molecule has 1 aliphatic heterocycles. The summed E-state index contributed by atoms with van der Waals surface area (Å²) in [6.45, 7) is 3.41. The van der Waals surface area contributed by atoms with Crippen LogP contribution in [0.15, 0.2) is 24.3 Å². The average molecular weight is 334 g/mol. The Morgan fingerprint density at radius 2 is 2.08 bits per heavy atom. The van der Waals surface area contributed by atoms with Crippen LogP contribution in [0.25, 0.3) is 0 Å². The van der Waals surface area contributed by atoms with Crippen LogP contribution in [-0.2, 0) is 14.4 Å². The van der Waals surface area contributed by atoms with Gasteiger partial charge in [-0.05, 0) is 25.5 Å². The topological polar surface area (TPSA) is 95.9 Å². The highest BCUT2D eigenvalue weighted by atomic mass is 16.5. The van der Waals surface area contributed by atoms with Crippen molar-refractivity contribution in [3.8, 4) is 5.75 Å². The van der Waals surface area contributed by atoms with Crippen molar-refractivity contribution in [3.63, 3.8) is 0 Å². The number of fused-ring (bicyclic) bond motifs is 1. The van der Waals surface area contributed by atoms with E-state index in [2.05, 4.69) is 5.32 Å². The molecule has 1 heterocycles. The van der Waals surface area contributed by atoms with E-state index in [-0.39, 0.29) is 19.0 Å². The standard InChI is InChI=1S/C17H22N2O5/c1-3-6-12(17(22)23)9-18-15(20)10-19-13-7-4-5-8-14(13)24-11(2)16(19)21/h4-5,7-8,11-12H,3,6,9-10H2,1-2H3,(H,18,20)(H,22,23). The summed E-state index contributed by atoms with van der Waals surface area (Å²) in [5.74, 6) is -1.70. The van der Waals surface area contributed by atoms with Gasteiger partial charge in [-0.3, -0.25) is 19.3 Å². The highest BCUT2D eigenvalue weighted by molar-refractivity contribution is 6.03. The summed E-state index contributed by atoms with van der Waals surface area (Å²) in [5, 5.41) is 11.7. The number of ether oxygens (including phenoxy) is 1. The first kappa shape index (κ1) is 17.8. The molecule has 0 spiro atoms. The number of benzene rings is 1. The molecule has 2 atom stereocenters. The van der Waals surface area contributed by atoms with E-state index in [1.807, 2.05) is 6.92 Å². The minimum absolute atomic E-state index is 0.0533. The molecule has 7 heteroatoms. The lowest BCUT2D eigenvalue weighted by Crippen LogP contribution is -2.49. The molecule has 2 rings (SSSR count). The number of nitrogens with one attached hydrogen (secondary N) is 1. The largest absolute Gasteiger partial charge is 0.481 e. The fraction of sp³-hybridized carbons (Fsp3) is 0.471. The number of amides is 2. The predicted molar refractivity (Wildman–Crippen MR) is 87.9 cm³/mol. The predicted octanol–water partition coefficient (Wildman–Crippen LogP) is 1.42. The van der Waals surface area contributed by atoms with E-state index in [1.54, 1.807) is 31.2 Å². The van der Waals surface area contributed by atoms with Crippen molar-refractivity contribution < 1.29 is 24.2 Å². The number of carboxylic acid groups (broad SMARTS) is 1. The van der Waals surface area contributed by atoms with E-state index in [9.17, 15) is 14.4 Å². The van der Waals surface area contributed by atoms with Crippen LogP contribution in [0.2, 0.25) is 0 Å². The molecule has 0 saturated carbocycles. The molecule has 24 heavy (non-hydrogen) atoms. The smallest absolute Gasteiger partial charge is 0.308 e. The quantitative estimate of drug-likeness (QED) is 0.786. The zero-order valence-electron chi connectivity index (χ0n) is 13.8. The summed E-state index contributed by atoms with van der Waals surface area (Å²) in [5.41, 5.74) is 0.541. The van der Waals surface area contributed by atoms with E-state index in [1.165, 1.54) is 4.90 Å². The van der Waals surface area contributed by atoms with Gasteiger partial charge in [0.15, 0.2) is 6.10 Å². The van der Waals surface area contributed by atoms with Gasteiger partial charge >= 0.3 is 5.97 Å². The second-order valence-electron chi connectivity index (χ2n) is 5.78. The fourth-order valence-corrected chi connectivity index (χ4v) is 2.62. The second-order valence-corrected chi connectivity index (χ2v) is 5.78. The number of hydrogen-bond acceptors (Lipinski definition) is 4. The molecule has 130 valence electrons. The summed E-state index contributed by atoms with van der Waals surface area (Å²) in [4.78, 5) is 37.0. The summed E-state index contributed by atoms with van der Waals surface area (Å²) >= 11 is 0. The summed E-state index contributed by atoms with van der Waals surface area (Å²) in [6.07, 6.45) is 0.547. The zero-order chi connectivity index (χ0) is 17.7. The highest BCUT2D eigenvalue weighted by Gasteiger charge is 2.32. The fourth-order valence-electron chi connectivity index (χ4n) is 2.62. The molecule has 0 fully saturated rings. The van der Waals surface area contributed by atoms with Crippen LogP contribution in [0.3, 0.4) is 0 Å². The van der Waals surface area contributed by atoms with Crippen LogP contribution >= 0.6 is 0 Å². The Kier molecular flexibility index (Phi) is 5.78. The molecule has 0 bridgehead atoms. The van der Waals surface area contributed by atoms with Gasteiger partial charge < -0.3 is 15.2 Å². The maximum atomic E-state index is 12.3. The first-order valence-electron chi connectivity index (χ1n) is 8.00. The van der Waals surface area contributed by atoms with Gasteiger partial charge in [-0.2, -0.15) is 0 Å². The lowest BCUT2D eigenvalue weighted by atomic mass is 10.0. The Labute approximate surface area is 140 Å². The Morgan fingerprint density at radius 1 is 1.38 bits per heavy atom. The number of nitrogens with zero attached hydrogens (tertiary/aromatic N) is 1. The van der Waals surface area contributed by atoms with Crippen molar-refractivity contribution in [2.45, 2.75) is 32.8 Å². The van der Waals surface area contributed by atoms with E-state index in [0.717, 1.165) is 6.42 Å². The minimum atomic E-state index is -0.932. The normalized spacial score (nSPS) is 17.7. The summed E-state index contributed by atoms with van der Waals surface area (Å²) < 4.78 is 5.52. The Hall–Kier alpha value is -2.57. The van der Waals surface area contributed by atoms with Crippen molar-refractivity contribution in [2.24, 2.45) is 5.92 Å². The minimum Gasteiger partial charge on any atom is -0.481 e. The van der Waals surface area contributed by atoms with Crippen LogP contribution in [0.5, 0.6) is 5.75 Å². The van der Waals surface area contributed by atoms with Gasteiger partial charge in [0.25, 0.3) is 5.91 Å². The van der Waals surface area contributed by atoms with Gasteiger partial charge in [-0.25, -0.2) is 0 Å². The molecule has 2 unspecified atom stereocenters. The SMILES string of the molecule is CCCC(CNC(=O)CN1C(=O)C(C)Oc2ccccc21)C(=O)O. The lowest BCUT2D eigenvalue weighted by Gasteiger charge is -2.32. The highest BCUT2D eigenvalue weighted by Crippen LogP contribution is 2.33. The molecule has 1 aromatic rings. The number of carbonyl (C=O) groups is 3.